The lowest BCUT2D eigenvalue weighted by Crippen LogP contribution is -1.96. The van der Waals surface area contributed by atoms with Gasteiger partial charge in [0, 0.05) is 23.5 Å². The third-order valence-corrected chi connectivity index (χ3v) is 2.96. The van der Waals surface area contributed by atoms with Crippen LogP contribution in [-0.2, 0) is 0 Å². The van der Waals surface area contributed by atoms with Crippen LogP contribution in [0.5, 0.6) is 11.5 Å². The Balaban J connectivity index is 2.00. The number of nitrogen functional groups attached to an aromatic ring is 1. The maximum atomic E-state index is 5.89. The highest BCUT2D eigenvalue weighted by molar-refractivity contribution is 5.50. The van der Waals surface area contributed by atoms with Gasteiger partial charge in [0.1, 0.15) is 17.8 Å². The predicted octanol–water partition coefficient (Wildman–Crippen LogP) is 2.72. The summed E-state index contributed by atoms with van der Waals surface area (Å²) in [5, 5.41) is 4.13. The van der Waals surface area contributed by atoms with E-state index in [0.717, 1.165) is 34.1 Å². The van der Waals surface area contributed by atoms with Crippen molar-refractivity contribution in [3.63, 3.8) is 0 Å². The number of hydrogen-bond donors (Lipinski definition) is 1. The number of nitrogens with two attached hydrogens (primary N) is 1. The molecule has 0 aliphatic heterocycles. The number of nitrogens with zero attached hydrogens (tertiary/aromatic N) is 3. The van der Waals surface area contributed by atoms with Crippen LogP contribution in [-0.4, -0.2) is 14.6 Å². The molecule has 0 atom stereocenters. The average Bonchev–Trinajstić information content (AvgIpc) is 2.81. The lowest BCUT2D eigenvalue weighted by Gasteiger charge is -2.10. The zero-order valence-corrected chi connectivity index (χ0v) is 10.8. The molecule has 19 heavy (non-hydrogen) atoms. The monoisotopic (exact) mass is 254 g/mol. The molecular weight excluding hydrogens is 240 g/mol. The zero-order valence-electron chi connectivity index (χ0n) is 10.8. The van der Waals surface area contributed by atoms with E-state index in [-0.39, 0.29) is 0 Å². The van der Waals surface area contributed by atoms with Gasteiger partial charge in [0.05, 0.1) is 0 Å². The summed E-state index contributed by atoms with van der Waals surface area (Å²) in [6, 6.07) is 9.36. The van der Waals surface area contributed by atoms with Gasteiger partial charge in [-0.05, 0) is 37.6 Å². The summed E-state index contributed by atoms with van der Waals surface area (Å²) in [5.41, 5.74) is 9.20. The second-order valence-corrected chi connectivity index (χ2v) is 4.49. The van der Waals surface area contributed by atoms with E-state index in [2.05, 4.69) is 10.1 Å². The maximum Gasteiger partial charge on any atom is 0.159 e. The molecule has 2 heterocycles. The molecule has 0 unspecified atom stereocenters. The van der Waals surface area contributed by atoms with Gasteiger partial charge in [-0.3, -0.25) is 0 Å². The van der Waals surface area contributed by atoms with Crippen molar-refractivity contribution in [2.24, 2.45) is 0 Å². The van der Waals surface area contributed by atoms with Crippen LogP contribution in [0.1, 0.15) is 11.3 Å². The fourth-order valence-electron chi connectivity index (χ4n) is 2.03. The highest BCUT2D eigenvalue weighted by Crippen LogP contribution is 2.27. The summed E-state index contributed by atoms with van der Waals surface area (Å²) < 4.78 is 7.65. The van der Waals surface area contributed by atoms with Gasteiger partial charge in [0.25, 0.3) is 0 Å². The van der Waals surface area contributed by atoms with Crippen LogP contribution >= 0.6 is 0 Å². The van der Waals surface area contributed by atoms with Gasteiger partial charge in [-0.1, -0.05) is 0 Å². The van der Waals surface area contributed by atoms with Gasteiger partial charge in [0.2, 0.25) is 0 Å². The molecule has 5 nitrogen and oxygen atoms in total. The lowest BCUT2D eigenvalue weighted by atomic mass is 10.2. The molecular formula is C14H14N4O. The van der Waals surface area contributed by atoms with Crippen LogP contribution in [0.3, 0.4) is 0 Å². The SMILES string of the molecule is Cc1cc(N)ccc1Oc1cc(C)n2ncnc2c1. The Morgan fingerprint density at radius 2 is 2.00 bits per heavy atom. The lowest BCUT2D eigenvalue weighted by molar-refractivity contribution is 0.478. The van der Waals surface area contributed by atoms with Gasteiger partial charge >= 0.3 is 0 Å². The third-order valence-electron chi connectivity index (χ3n) is 2.96. The molecule has 0 aliphatic carbocycles. The molecule has 0 bridgehead atoms. The number of fused-ring (bicyclic) bond motifs is 1. The van der Waals surface area contributed by atoms with Crippen LogP contribution in [0.15, 0.2) is 36.7 Å². The van der Waals surface area contributed by atoms with Gasteiger partial charge in [-0.25, -0.2) is 9.50 Å². The summed E-state index contributed by atoms with van der Waals surface area (Å²) in [7, 11) is 0. The Hall–Kier alpha value is -2.56. The number of pyridine rings is 1. The van der Waals surface area contributed by atoms with Gasteiger partial charge in [-0.15, -0.1) is 0 Å². The Labute approximate surface area is 110 Å². The van der Waals surface area contributed by atoms with Crippen LogP contribution < -0.4 is 10.5 Å². The molecule has 96 valence electrons. The van der Waals surface area contributed by atoms with Crippen LogP contribution in [0.25, 0.3) is 5.65 Å². The van der Waals surface area contributed by atoms with Crippen molar-refractivity contribution in [3.05, 3.63) is 47.9 Å². The standard InChI is InChI=1S/C14H14N4O/c1-9-5-11(15)3-4-13(9)19-12-6-10(2)18-14(7-12)16-8-17-18/h3-8H,15H2,1-2H3. The second-order valence-electron chi connectivity index (χ2n) is 4.49. The number of hydrogen-bond acceptors (Lipinski definition) is 4. The number of aryl methyl sites for hydroxylation is 2. The third kappa shape index (κ3) is 2.10. The van der Waals surface area contributed by atoms with E-state index in [9.17, 15) is 0 Å². The summed E-state index contributed by atoms with van der Waals surface area (Å²) in [6.45, 7) is 3.93. The average molecular weight is 254 g/mol. The van der Waals surface area contributed by atoms with Crippen LogP contribution in [0.2, 0.25) is 0 Å². The fraction of sp³-hybridized carbons (Fsp3) is 0.143. The minimum Gasteiger partial charge on any atom is -0.457 e. The Morgan fingerprint density at radius 1 is 1.16 bits per heavy atom. The van der Waals surface area contributed by atoms with E-state index in [1.807, 2.05) is 44.2 Å². The van der Waals surface area contributed by atoms with Crippen molar-refractivity contribution in [2.75, 3.05) is 5.73 Å². The van der Waals surface area contributed by atoms with E-state index >= 15 is 0 Å². The van der Waals surface area contributed by atoms with Crippen molar-refractivity contribution in [1.29, 1.82) is 0 Å². The number of rotatable bonds is 2. The predicted molar refractivity (Wildman–Crippen MR) is 73.4 cm³/mol. The first kappa shape index (κ1) is 11.5. The van der Waals surface area contributed by atoms with Crippen LogP contribution in [0.4, 0.5) is 5.69 Å². The first-order chi connectivity index (χ1) is 9.13. The maximum absolute atomic E-state index is 5.89. The molecule has 2 N–H and O–H groups in total. The smallest absolute Gasteiger partial charge is 0.159 e. The van der Waals surface area contributed by atoms with E-state index in [1.54, 1.807) is 4.52 Å². The largest absolute Gasteiger partial charge is 0.457 e. The molecule has 3 rings (SSSR count). The van der Waals surface area contributed by atoms with Gasteiger partial charge in [0.15, 0.2) is 5.65 Å². The number of aromatic nitrogens is 3. The van der Waals surface area contributed by atoms with E-state index in [4.69, 9.17) is 10.5 Å². The Bertz CT molecular complexity index is 748. The highest BCUT2D eigenvalue weighted by Gasteiger charge is 2.06. The number of anilines is 1. The van der Waals surface area contributed by atoms with Crippen molar-refractivity contribution < 1.29 is 4.74 Å². The molecule has 1 aromatic carbocycles. The molecule has 0 spiro atoms. The van der Waals surface area contributed by atoms with Crippen molar-refractivity contribution in [1.82, 2.24) is 14.6 Å². The normalized spacial score (nSPS) is 10.8. The Morgan fingerprint density at radius 3 is 2.79 bits per heavy atom. The quantitative estimate of drug-likeness (QED) is 0.714. The van der Waals surface area contributed by atoms with Gasteiger partial charge < -0.3 is 10.5 Å². The second kappa shape index (κ2) is 4.28. The molecule has 0 aliphatic rings. The fourth-order valence-corrected chi connectivity index (χ4v) is 2.03. The minimum absolute atomic E-state index is 0.730. The molecule has 0 fully saturated rings. The first-order valence-electron chi connectivity index (χ1n) is 5.98. The van der Waals surface area contributed by atoms with E-state index in [0.29, 0.717) is 0 Å². The van der Waals surface area contributed by atoms with Gasteiger partial charge in [-0.2, -0.15) is 5.10 Å². The number of ether oxygens (including phenoxy) is 1. The van der Waals surface area contributed by atoms with Crippen molar-refractivity contribution >= 4 is 11.3 Å². The zero-order chi connectivity index (χ0) is 13.4. The molecule has 0 saturated heterocycles. The summed E-state index contributed by atoms with van der Waals surface area (Å²) in [5.74, 6) is 1.53. The molecule has 5 heteroatoms. The van der Waals surface area contributed by atoms with Crippen LogP contribution in [0, 0.1) is 13.8 Å². The van der Waals surface area contributed by atoms with E-state index < -0.39 is 0 Å². The summed E-state index contributed by atoms with van der Waals surface area (Å²) >= 11 is 0. The Kier molecular flexibility index (Phi) is 2.59. The van der Waals surface area contributed by atoms with Crippen molar-refractivity contribution in [3.8, 4) is 11.5 Å². The minimum atomic E-state index is 0.730. The molecule has 0 amide bonds. The topological polar surface area (TPSA) is 65.4 Å². The van der Waals surface area contributed by atoms with Crippen molar-refractivity contribution in [2.45, 2.75) is 13.8 Å². The molecule has 0 radical (unpaired) electrons. The summed E-state index contributed by atoms with van der Waals surface area (Å²) in [4.78, 5) is 4.17. The molecule has 0 saturated carbocycles. The first-order valence-corrected chi connectivity index (χ1v) is 5.98. The number of benzene rings is 1. The molecule has 2 aromatic heterocycles. The highest BCUT2D eigenvalue weighted by atomic mass is 16.5. The summed E-state index contributed by atoms with van der Waals surface area (Å²) in [6.07, 6.45) is 1.53. The van der Waals surface area contributed by atoms with E-state index in [1.165, 1.54) is 6.33 Å². The molecule has 3 aromatic rings.